The molecular weight excluding hydrogens is 693 g/mol. The van der Waals surface area contributed by atoms with Crippen LogP contribution in [0.15, 0.2) is 12.2 Å². The van der Waals surface area contributed by atoms with Crippen LogP contribution in [0.5, 0.6) is 0 Å². The molecule has 4 fully saturated rings. The second kappa shape index (κ2) is 32.3. The molecule has 4 aliphatic carbocycles. The highest BCUT2D eigenvalue weighted by Gasteiger charge is 2.23. The molecule has 1 N–H and O–H groups in total. The molecule has 5 nitrogen and oxygen atoms in total. The molecule has 4 saturated carbocycles. The van der Waals surface area contributed by atoms with Gasteiger partial charge in [-0.3, -0.25) is 0 Å². The largest absolute Gasteiger partial charge is 0.393 e. The molecule has 56 heavy (non-hydrogen) atoms. The van der Waals surface area contributed by atoms with Gasteiger partial charge in [0.2, 0.25) is 0 Å². The molecule has 0 amide bonds. The lowest BCUT2D eigenvalue weighted by molar-refractivity contribution is -0.0470. The van der Waals surface area contributed by atoms with Gasteiger partial charge in [-0.2, -0.15) is 0 Å². The molecule has 0 aromatic rings. The van der Waals surface area contributed by atoms with E-state index in [9.17, 15) is 5.11 Å². The number of aliphatic hydroxyl groups excluding tert-OH is 1. The second-order valence-electron chi connectivity index (χ2n) is 20.3. The average Bonchev–Trinajstić information content (AvgIpc) is 3.08. The molecular formula is C51H102O5. The van der Waals surface area contributed by atoms with Gasteiger partial charge in [0, 0.05) is 0 Å². The minimum absolute atomic E-state index is 0. The summed E-state index contributed by atoms with van der Waals surface area (Å²) in [5.74, 6) is 3.89. The monoisotopic (exact) mass is 795 g/mol. The van der Waals surface area contributed by atoms with Crippen molar-refractivity contribution in [3.63, 3.8) is 0 Å². The van der Waals surface area contributed by atoms with Gasteiger partial charge in [-0.15, -0.1) is 0 Å². The fourth-order valence-electron chi connectivity index (χ4n) is 9.08. The van der Waals surface area contributed by atoms with Crippen LogP contribution in [0.3, 0.4) is 0 Å². The van der Waals surface area contributed by atoms with Crippen LogP contribution in [0.25, 0.3) is 0 Å². The molecule has 0 spiro atoms. The fraction of sp³-hybridized carbons (Fsp3) is 0.961. The Balaban J connectivity index is 0.000000716. The lowest BCUT2D eigenvalue weighted by Gasteiger charge is -2.29. The first kappa shape index (κ1) is 55.5. The third kappa shape index (κ3) is 30.6. The summed E-state index contributed by atoms with van der Waals surface area (Å²) in [6.45, 7) is 33.2. The Morgan fingerprint density at radius 1 is 0.446 bits per heavy atom. The maximum atomic E-state index is 9.35. The third-order valence-corrected chi connectivity index (χ3v) is 11.7. The first-order chi connectivity index (χ1) is 25.9. The Labute approximate surface area is 352 Å². The highest BCUT2D eigenvalue weighted by molar-refractivity contribution is 4.98. The maximum Gasteiger partial charge on any atom is 0.0584 e. The summed E-state index contributed by atoms with van der Waals surface area (Å²) < 4.78 is 24.0. The number of hydrogen-bond acceptors (Lipinski definition) is 5. The molecule has 0 aromatic carbocycles. The van der Waals surface area contributed by atoms with Crippen molar-refractivity contribution in [2.75, 3.05) is 0 Å². The van der Waals surface area contributed by atoms with Crippen molar-refractivity contribution in [1.29, 1.82) is 0 Å². The van der Waals surface area contributed by atoms with Gasteiger partial charge in [0.25, 0.3) is 0 Å². The summed E-state index contributed by atoms with van der Waals surface area (Å²) in [4.78, 5) is 0. The van der Waals surface area contributed by atoms with Gasteiger partial charge in [-0.1, -0.05) is 101 Å². The number of allylic oxidation sites excluding steroid dienone is 1. The Morgan fingerprint density at radius 2 is 0.732 bits per heavy atom. The van der Waals surface area contributed by atoms with Gasteiger partial charge in [-0.25, -0.2) is 0 Å². The van der Waals surface area contributed by atoms with E-state index in [0.29, 0.717) is 54.7 Å². The van der Waals surface area contributed by atoms with Crippen LogP contribution in [-0.2, 0) is 18.9 Å². The maximum absolute atomic E-state index is 9.35. The first-order valence-electron chi connectivity index (χ1n) is 23.9. The Hall–Kier alpha value is -0.460. The van der Waals surface area contributed by atoms with E-state index in [1.807, 2.05) is 0 Å². The molecule has 0 unspecified atom stereocenters. The smallest absolute Gasteiger partial charge is 0.0584 e. The van der Waals surface area contributed by atoms with E-state index in [1.165, 1.54) is 108 Å². The van der Waals surface area contributed by atoms with Crippen molar-refractivity contribution in [3.8, 4) is 0 Å². The second-order valence-corrected chi connectivity index (χ2v) is 20.3. The van der Waals surface area contributed by atoms with Gasteiger partial charge in [0.1, 0.15) is 0 Å². The summed E-state index contributed by atoms with van der Waals surface area (Å²) >= 11 is 0. The highest BCUT2D eigenvalue weighted by Crippen LogP contribution is 2.28. The molecule has 0 saturated heterocycles. The third-order valence-electron chi connectivity index (χ3n) is 11.7. The summed E-state index contributed by atoms with van der Waals surface area (Å²) in [7, 11) is 0. The molecule has 0 aromatic heterocycles. The van der Waals surface area contributed by atoms with Crippen LogP contribution in [0.1, 0.15) is 232 Å². The SMILES string of the molecule is C.C=C1CCC(O[C@H](C)CC(C)C)CC1.CC(C)C[C@@H](C)OC1CCC(C)CC1.CC(C)C[C@@H](C)OC1CCC(O)CC1.CC(C)C[C@@H](C)OC1CCCCC1. The van der Waals surface area contributed by atoms with E-state index in [4.69, 9.17) is 18.9 Å². The molecule has 0 heterocycles. The van der Waals surface area contributed by atoms with Crippen molar-refractivity contribution in [2.24, 2.45) is 29.6 Å². The standard InChI is InChI=1S/C13H26O.C13H24O.C12H24O2.C12H24O.CH4/c2*1-10(2)9-12(4)14-13-7-5-11(3)6-8-13;1-9(2)8-10(3)14-12-6-4-11(13)5-7-12;1-10(2)9-11(3)13-12-7-5-4-6-8-12;/h10-13H,5-9H2,1-4H3;10,12-13H,3,5-9H2,1-2,4H3;9-13H,4-8H2,1-3H3;10-12H,4-9H2,1-3H3;1H4/t11?,12-,13?;12-;10-,11?,12?;11-;/m1111./s1. The predicted octanol–water partition coefficient (Wildman–Crippen LogP) is 15.1. The molecule has 336 valence electrons. The zero-order valence-electron chi connectivity index (χ0n) is 39.2. The lowest BCUT2D eigenvalue weighted by atomic mass is 9.89. The van der Waals surface area contributed by atoms with Crippen LogP contribution < -0.4 is 0 Å². The number of aliphatic hydroxyl groups is 1. The molecule has 0 aliphatic heterocycles. The van der Waals surface area contributed by atoms with Crippen molar-refractivity contribution >= 4 is 0 Å². The van der Waals surface area contributed by atoms with Crippen LogP contribution in [-0.4, -0.2) is 60.0 Å². The summed E-state index contributed by atoms with van der Waals surface area (Å²) in [5.41, 5.74) is 1.40. The van der Waals surface area contributed by atoms with Crippen LogP contribution in [0.2, 0.25) is 0 Å². The summed E-state index contributed by atoms with van der Waals surface area (Å²) in [5, 5.41) is 9.35. The number of rotatable bonds is 16. The van der Waals surface area contributed by atoms with Crippen LogP contribution >= 0.6 is 0 Å². The summed E-state index contributed by atoms with van der Waals surface area (Å²) in [6.07, 6.45) is 29.0. The van der Waals surface area contributed by atoms with Gasteiger partial charge in [-0.05, 0) is 173 Å². The molecule has 4 aliphatic rings. The van der Waals surface area contributed by atoms with E-state index in [-0.39, 0.29) is 13.5 Å². The van der Waals surface area contributed by atoms with E-state index in [0.717, 1.165) is 55.8 Å². The molecule has 4 rings (SSSR count). The topological polar surface area (TPSA) is 57.2 Å². The predicted molar refractivity (Wildman–Crippen MR) is 245 cm³/mol. The normalized spacial score (nSPS) is 25.9. The molecule has 0 radical (unpaired) electrons. The Kier molecular flexibility index (Phi) is 32.1. The Morgan fingerprint density at radius 3 is 1.05 bits per heavy atom. The van der Waals surface area contributed by atoms with Crippen LogP contribution in [0, 0.1) is 29.6 Å². The lowest BCUT2D eigenvalue weighted by Crippen LogP contribution is -2.28. The van der Waals surface area contributed by atoms with E-state index < -0.39 is 0 Å². The number of hydrogen-bond donors (Lipinski definition) is 1. The van der Waals surface area contributed by atoms with Crippen molar-refractivity contribution in [2.45, 2.75) is 287 Å². The van der Waals surface area contributed by atoms with E-state index in [2.05, 4.69) is 96.6 Å². The van der Waals surface area contributed by atoms with Crippen molar-refractivity contribution in [1.82, 2.24) is 0 Å². The van der Waals surface area contributed by atoms with Gasteiger partial charge in [0.15, 0.2) is 0 Å². The first-order valence-corrected chi connectivity index (χ1v) is 23.9. The van der Waals surface area contributed by atoms with Gasteiger partial charge >= 0.3 is 0 Å². The van der Waals surface area contributed by atoms with Gasteiger partial charge < -0.3 is 24.1 Å². The van der Waals surface area contributed by atoms with Crippen molar-refractivity contribution in [3.05, 3.63) is 12.2 Å². The zero-order chi connectivity index (χ0) is 41.3. The quantitative estimate of drug-likeness (QED) is 0.158. The average molecular weight is 795 g/mol. The van der Waals surface area contributed by atoms with Crippen LogP contribution in [0.4, 0.5) is 0 Å². The van der Waals surface area contributed by atoms with Gasteiger partial charge in [0.05, 0.1) is 54.9 Å². The molecule has 4 atom stereocenters. The molecule has 0 bridgehead atoms. The van der Waals surface area contributed by atoms with E-state index in [1.54, 1.807) is 0 Å². The highest BCUT2D eigenvalue weighted by atomic mass is 16.5. The number of ether oxygens (including phenoxy) is 4. The Bertz CT molecular complexity index is 848. The van der Waals surface area contributed by atoms with E-state index >= 15 is 0 Å². The summed E-state index contributed by atoms with van der Waals surface area (Å²) in [6, 6.07) is 0. The van der Waals surface area contributed by atoms with Crippen molar-refractivity contribution < 1.29 is 24.1 Å². The fourth-order valence-corrected chi connectivity index (χ4v) is 9.08. The minimum atomic E-state index is -0.0738. The zero-order valence-corrected chi connectivity index (χ0v) is 39.2. The molecule has 5 heteroatoms. The minimum Gasteiger partial charge on any atom is -0.393 e.